The van der Waals surface area contributed by atoms with Crippen molar-refractivity contribution in [3.63, 3.8) is 0 Å². The minimum atomic E-state index is -0.0385. The van der Waals surface area contributed by atoms with Gasteiger partial charge in [0.25, 0.3) is 0 Å². The lowest BCUT2D eigenvalue weighted by molar-refractivity contribution is -0.0190. The molecule has 0 amide bonds. The summed E-state index contributed by atoms with van der Waals surface area (Å²) in [6.07, 6.45) is 3.42. The van der Waals surface area contributed by atoms with Crippen LogP contribution in [-0.4, -0.2) is 60.3 Å². The number of hydrogen-bond donors (Lipinski definition) is 1. The van der Waals surface area contributed by atoms with Gasteiger partial charge in [-0.3, -0.25) is 4.90 Å². The molecule has 2 fully saturated rings. The standard InChI is InChI=1S/C10H20N2O/c1-11-5-2-6-12(8-7-11)9-3-4-10(9)13/h9-10,13H,2-8H2,1H3/t9-,10-/m1/s1. The van der Waals surface area contributed by atoms with Crippen molar-refractivity contribution < 1.29 is 5.11 Å². The molecule has 1 N–H and O–H groups in total. The van der Waals surface area contributed by atoms with Crippen LogP contribution in [0, 0.1) is 0 Å². The first-order chi connectivity index (χ1) is 6.27. The smallest absolute Gasteiger partial charge is 0.0696 e. The van der Waals surface area contributed by atoms with Crippen molar-refractivity contribution in [3.05, 3.63) is 0 Å². The zero-order valence-electron chi connectivity index (χ0n) is 8.45. The summed E-state index contributed by atoms with van der Waals surface area (Å²) in [6, 6.07) is 0.478. The zero-order chi connectivity index (χ0) is 9.26. The van der Waals surface area contributed by atoms with Gasteiger partial charge in [-0.15, -0.1) is 0 Å². The molecule has 1 aliphatic carbocycles. The van der Waals surface area contributed by atoms with Gasteiger partial charge in [0.1, 0.15) is 0 Å². The van der Waals surface area contributed by atoms with E-state index in [1.165, 1.54) is 25.9 Å². The Morgan fingerprint density at radius 2 is 1.92 bits per heavy atom. The molecule has 3 nitrogen and oxygen atoms in total. The highest BCUT2D eigenvalue weighted by molar-refractivity contribution is 4.89. The third-order valence-electron chi connectivity index (χ3n) is 3.43. The maximum atomic E-state index is 9.56. The minimum absolute atomic E-state index is 0.0385. The minimum Gasteiger partial charge on any atom is -0.391 e. The van der Waals surface area contributed by atoms with Gasteiger partial charge in [-0.25, -0.2) is 0 Å². The molecule has 1 aliphatic heterocycles. The quantitative estimate of drug-likeness (QED) is 0.628. The fourth-order valence-electron chi connectivity index (χ4n) is 2.29. The number of hydrogen-bond acceptors (Lipinski definition) is 3. The molecule has 2 aliphatic rings. The van der Waals surface area contributed by atoms with E-state index in [-0.39, 0.29) is 6.10 Å². The number of aliphatic hydroxyl groups excluding tert-OH is 1. The molecule has 0 spiro atoms. The molecule has 1 saturated heterocycles. The first-order valence-electron chi connectivity index (χ1n) is 5.38. The normalized spacial score (nSPS) is 38.3. The lowest BCUT2D eigenvalue weighted by Gasteiger charge is -2.41. The molecule has 0 aromatic rings. The second-order valence-corrected chi connectivity index (χ2v) is 4.40. The molecule has 13 heavy (non-hydrogen) atoms. The summed E-state index contributed by atoms with van der Waals surface area (Å²) < 4.78 is 0. The van der Waals surface area contributed by atoms with Crippen molar-refractivity contribution in [2.75, 3.05) is 33.2 Å². The van der Waals surface area contributed by atoms with Crippen LogP contribution in [0.1, 0.15) is 19.3 Å². The summed E-state index contributed by atoms with van der Waals surface area (Å²) in [5.41, 5.74) is 0. The van der Waals surface area contributed by atoms with E-state index in [2.05, 4.69) is 16.8 Å². The van der Waals surface area contributed by atoms with E-state index < -0.39 is 0 Å². The van der Waals surface area contributed by atoms with Crippen LogP contribution in [0.5, 0.6) is 0 Å². The van der Waals surface area contributed by atoms with Crippen LogP contribution in [0.25, 0.3) is 0 Å². The van der Waals surface area contributed by atoms with Crippen molar-refractivity contribution in [1.82, 2.24) is 9.80 Å². The van der Waals surface area contributed by atoms with Crippen LogP contribution in [-0.2, 0) is 0 Å². The fourth-order valence-corrected chi connectivity index (χ4v) is 2.29. The molecular weight excluding hydrogens is 164 g/mol. The Morgan fingerprint density at radius 3 is 2.54 bits per heavy atom. The van der Waals surface area contributed by atoms with Crippen LogP contribution in [0.4, 0.5) is 0 Å². The molecule has 1 heterocycles. The zero-order valence-corrected chi connectivity index (χ0v) is 8.45. The lowest BCUT2D eigenvalue weighted by atomic mass is 9.87. The van der Waals surface area contributed by atoms with Crippen LogP contribution in [0.3, 0.4) is 0 Å². The maximum absolute atomic E-state index is 9.56. The lowest BCUT2D eigenvalue weighted by Crippen LogP contribution is -2.51. The van der Waals surface area contributed by atoms with Gasteiger partial charge >= 0.3 is 0 Å². The van der Waals surface area contributed by atoms with E-state index >= 15 is 0 Å². The van der Waals surface area contributed by atoms with Crippen molar-refractivity contribution in [2.45, 2.75) is 31.4 Å². The second-order valence-electron chi connectivity index (χ2n) is 4.40. The largest absolute Gasteiger partial charge is 0.391 e. The average molecular weight is 184 g/mol. The third-order valence-corrected chi connectivity index (χ3v) is 3.43. The van der Waals surface area contributed by atoms with Crippen molar-refractivity contribution >= 4 is 0 Å². The van der Waals surface area contributed by atoms with Gasteiger partial charge in [0, 0.05) is 19.1 Å². The van der Waals surface area contributed by atoms with E-state index in [1.54, 1.807) is 0 Å². The van der Waals surface area contributed by atoms with E-state index in [4.69, 9.17) is 0 Å². The molecule has 0 aromatic heterocycles. The average Bonchev–Trinajstić information content (AvgIpc) is 2.29. The molecular formula is C10H20N2O. The number of nitrogens with zero attached hydrogens (tertiary/aromatic N) is 2. The van der Waals surface area contributed by atoms with Crippen LogP contribution in [0.2, 0.25) is 0 Å². The summed E-state index contributed by atoms with van der Waals surface area (Å²) in [5, 5.41) is 9.56. The van der Waals surface area contributed by atoms with Crippen LogP contribution >= 0.6 is 0 Å². The first-order valence-corrected chi connectivity index (χ1v) is 5.38. The SMILES string of the molecule is CN1CCCN([C@@H]2CC[C@H]2O)CC1. The highest BCUT2D eigenvalue weighted by Gasteiger charge is 2.34. The molecule has 1 saturated carbocycles. The van der Waals surface area contributed by atoms with E-state index in [1.807, 2.05) is 0 Å². The first kappa shape index (κ1) is 9.44. The summed E-state index contributed by atoms with van der Waals surface area (Å²) in [5.74, 6) is 0. The maximum Gasteiger partial charge on any atom is 0.0696 e. The highest BCUT2D eigenvalue weighted by atomic mass is 16.3. The second kappa shape index (κ2) is 3.95. The molecule has 2 atom stereocenters. The summed E-state index contributed by atoms with van der Waals surface area (Å²) in [6.45, 7) is 4.67. The molecule has 76 valence electrons. The van der Waals surface area contributed by atoms with Gasteiger partial charge < -0.3 is 10.0 Å². The van der Waals surface area contributed by atoms with E-state index in [9.17, 15) is 5.11 Å². The Kier molecular flexibility index (Phi) is 2.86. The summed E-state index contributed by atoms with van der Waals surface area (Å²) in [4.78, 5) is 4.85. The predicted molar refractivity (Wildman–Crippen MR) is 52.7 cm³/mol. The Hall–Kier alpha value is -0.120. The summed E-state index contributed by atoms with van der Waals surface area (Å²) in [7, 11) is 2.18. The van der Waals surface area contributed by atoms with Crippen molar-refractivity contribution in [3.8, 4) is 0 Å². The van der Waals surface area contributed by atoms with Gasteiger partial charge in [-0.1, -0.05) is 0 Å². The Bertz CT molecular complexity index is 174. The Morgan fingerprint density at radius 1 is 1.08 bits per heavy atom. The van der Waals surface area contributed by atoms with Crippen LogP contribution < -0.4 is 0 Å². The molecule has 0 aromatic carbocycles. The van der Waals surface area contributed by atoms with E-state index in [0.717, 1.165) is 19.5 Å². The third kappa shape index (κ3) is 2.03. The molecule has 2 rings (SSSR count). The van der Waals surface area contributed by atoms with E-state index in [0.29, 0.717) is 6.04 Å². The number of aliphatic hydroxyl groups is 1. The van der Waals surface area contributed by atoms with Crippen molar-refractivity contribution in [2.24, 2.45) is 0 Å². The summed E-state index contributed by atoms with van der Waals surface area (Å²) >= 11 is 0. The van der Waals surface area contributed by atoms with Crippen LogP contribution in [0.15, 0.2) is 0 Å². The van der Waals surface area contributed by atoms with Gasteiger partial charge in [0.15, 0.2) is 0 Å². The Labute approximate surface area is 80.3 Å². The monoisotopic (exact) mass is 184 g/mol. The molecule has 0 unspecified atom stereocenters. The highest BCUT2D eigenvalue weighted by Crippen LogP contribution is 2.26. The predicted octanol–water partition coefficient (Wildman–Crippen LogP) is 0.147. The van der Waals surface area contributed by atoms with Crippen molar-refractivity contribution in [1.29, 1.82) is 0 Å². The molecule has 0 radical (unpaired) electrons. The topological polar surface area (TPSA) is 26.7 Å². The molecule has 0 bridgehead atoms. The number of rotatable bonds is 1. The Balaban J connectivity index is 1.85. The van der Waals surface area contributed by atoms with Gasteiger partial charge in [0.05, 0.1) is 6.10 Å². The van der Waals surface area contributed by atoms with Gasteiger partial charge in [0.2, 0.25) is 0 Å². The number of likely N-dealkylation sites (N-methyl/N-ethyl adjacent to an activating group) is 1. The fraction of sp³-hybridized carbons (Fsp3) is 1.00. The molecule has 3 heteroatoms. The van der Waals surface area contributed by atoms with Gasteiger partial charge in [-0.05, 0) is 39.4 Å². The van der Waals surface area contributed by atoms with Gasteiger partial charge in [-0.2, -0.15) is 0 Å².